The molecule has 0 amide bonds. The summed E-state index contributed by atoms with van der Waals surface area (Å²) < 4.78 is 0. The fraction of sp³-hybridized carbons (Fsp3) is 0.810. The molecule has 0 radical (unpaired) electrons. The van der Waals surface area contributed by atoms with Crippen molar-refractivity contribution >= 4 is 0 Å². The molecule has 0 N–H and O–H groups in total. The number of aromatic nitrogens is 2. The lowest BCUT2D eigenvalue weighted by Crippen LogP contribution is -2.15. The maximum absolute atomic E-state index is 4.69. The largest absolute Gasteiger partial charge is 0.241 e. The highest BCUT2D eigenvalue weighted by atomic mass is 14.9. The Kier molecular flexibility index (Phi) is 8.63. The van der Waals surface area contributed by atoms with Gasteiger partial charge in [-0.3, -0.25) is 0 Å². The summed E-state index contributed by atoms with van der Waals surface area (Å²) in [7, 11) is 0. The average Bonchev–Trinajstić information content (AvgIpc) is 2.61. The van der Waals surface area contributed by atoms with Crippen LogP contribution in [0.15, 0.2) is 12.4 Å². The lowest BCUT2D eigenvalue weighted by atomic mass is 9.79. The molecular formula is C21H36N2. The molecule has 0 bridgehead atoms. The van der Waals surface area contributed by atoms with Crippen LogP contribution in [0.25, 0.3) is 0 Å². The van der Waals surface area contributed by atoms with Crippen molar-refractivity contribution in [2.75, 3.05) is 0 Å². The molecule has 2 heteroatoms. The van der Waals surface area contributed by atoms with Crippen LogP contribution < -0.4 is 0 Å². The van der Waals surface area contributed by atoms with Crippen molar-refractivity contribution in [2.45, 2.75) is 103 Å². The molecule has 130 valence electrons. The number of rotatable bonds is 10. The zero-order valence-electron chi connectivity index (χ0n) is 15.4. The van der Waals surface area contributed by atoms with Gasteiger partial charge in [-0.15, -0.1) is 0 Å². The standard InChI is InChI=1S/C21H36N2/c1-3-5-7-8-9-11-19-16-22-21(23-17-19)20-14-12-18(13-15-20)10-6-4-2/h16-18,20H,3-15H2,1-2H3. The Morgan fingerprint density at radius 3 is 2.13 bits per heavy atom. The molecule has 0 atom stereocenters. The van der Waals surface area contributed by atoms with E-state index < -0.39 is 0 Å². The third-order valence-corrected chi connectivity index (χ3v) is 5.47. The van der Waals surface area contributed by atoms with Crippen LogP contribution in [0, 0.1) is 5.92 Å². The Balaban J connectivity index is 1.70. The van der Waals surface area contributed by atoms with Crippen LogP contribution in [0.2, 0.25) is 0 Å². The topological polar surface area (TPSA) is 25.8 Å². The molecule has 2 nitrogen and oxygen atoms in total. The molecule has 1 saturated carbocycles. The number of hydrogen-bond acceptors (Lipinski definition) is 2. The van der Waals surface area contributed by atoms with E-state index in [1.54, 1.807) is 0 Å². The summed E-state index contributed by atoms with van der Waals surface area (Å²) in [6.45, 7) is 4.56. The van der Waals surface area contributed by atoms with Crippen molar-refractivity contribution < 1.29 is 0 Å². The van der Waals surface area contributed by atoms with Crippen LogP contribution >= 0.6 is 0 Å². The van der Waals surface area contributed by atoms with E-state index in [9.17, 15) is 0 Å². The van der Waals surface area contributed by atoms with Crippen molar-refractivity contribution in [1.82, 2.24) is 9.97 Å². The van der Waals surface area contributed by atoms with E-state index in [-0.39, 0.29) is 0 Å². The zero-order valence-corrected chi connectivity index (χ0v) is 15.4. The predicted octanol–water partition coefficient (Wildman–Crippen LogP) is 6.45. The number of hydrogen-bond donors (Lipinski definition) is 0. The van der Waals surface area contributed by atoms with Gasteiger partial charge in [0.25, 0.3) is 0 Å². The average molecular weight is 317 g/mol. The van der Waals surface area contributed by atoms with Crippen molar-refractivity contribution in [3.63, 3.8) is 0 Å². The molecular weight excluding hydrogens is 280 g/mol. The molecule has 0 aromatic carbocycles. The van der Waals surface area contributed by atoms with Gasteiger partial charge in [-0.1, -0.05) is 58.8 Å². The summed E-state index contributed by atoms with van der Waals surface area (Å²) in [6, 6.07) is 0. The van der Waals surface area contributed by atoms with Crippen LogP contribution in [0.3, 0.4) is 0 Å². The molecule has 1 aliphatic carbocycles. The first-order chi connectivity index (χ1) is 11.3. The number of nitrogens with zero attached hydrogens (tertiary/aromatic N) is 2. The van der Waals surface area contributed by atoms with E-state index in [0.29, 0.717) is 5.92 Å². The Morgan fingerprint density at radius 2 is 1.48 bits per heavy atom. The smallest absolute Gasteiger partial charge is 0.131 e. The maximum Gasteiger partial charge on any atom is 0.131 e. The van der Waals surface area contributed by atoms with E-state index in [2.05, 4.69) is 26.2 Å². The minimum atomic E-state index is 0.617. The Hall–Kier alpha value is -0.920. The van der Waals surface area contributed by atoms with Crippen molar-refractivity contribution in [2.24, 2.45) is 5.92 Å². The molecule has 0 aliphatic heterocycles. The summed E-state index contributed by atoms with van der Waals surface area (Å²) in [5.41, 5.74) is 1.32. The van der Waals surface area contributed by atoms with Gasteiger partial charge in [-0.25, -0.2) is 9.97 Å². The monoisotopic (exact) mass is 316 g/mol. The van der Waals surface area contributed by atoms with Gasteiger partial charge in [0.15, 0.2) is 0 Å². The summed E-state index contributed by atoms with van der Waals surface area (Å²) in [5, 5.41) is 0. The molecule has 0 unspecified atom stereocenters. The second kappa shape index (κ2) is 10.8. The maximum atomic E-state index is 4.69. The van der Waals surface area contributed by atoms with E-state index in [1.165, 1.54) is 82.6 Å². The molecule has 0 saturated heterocycles. The first-order valence-electron chi connectivity index (χ1n) is 10.1. The zero-order chi connectivity index (χ0) is 16.3. The number of aryl methyl sites for hydroxylation is 1. The SMILES string of the molecule is CCCCCCCc1cnc(C2CCC(CCCC)CC2)nc1. The molecule has 1 aromatic heterocycles. The van der Waals surface area contributed by atoms with Crippen LogP contribution in [-0.4, -0.2) is 9.97 Å². The Labute approximate surface area is 143 Å². The van der Waals surface area contributed by atoms with Crippen molar-refractivity contribution in [3.05, 3.63) is 23.8 Å². The highest BCUT2D eigenvalue weighted by Gasteiger charge is 2.23. The van der Waals surface area contributed by atoms with Gasteiger partial charge in [0.2, 0.25) is 0 Å². The minimum Gasteiger partial charge on any atom is -0.241 e. The van der Waals surface area contributed by atoms with Crippen LogP contribution in [-0.2, 0) is 6.42 Å². The second-order valence-corrected chi connectivity index (χ2v) is 7.47. The van der Waals surface area contributed by atoms with Gasteiger partial charge in [0, 0.05) is 18.3 Å². The summed E-state index contributed by atoms with van der Waals surface area (Å²) in [5.74, 6) is 2.69. The van der Waals surface area contributed by atoms with E-state index >= 15 is 0 Å². The molecule has 0 spiro atoms. The molecule has 1 aliphatic rings. The highest BCUT2D eigenvalue weighted by Crippen LogP contribution is 2.36. The summed E-state index contributed by atoms with van der Waals surface area (Å²) in [4.78, 5) is 9.39. The quantitative estimate of drug-likeness (QED) is 0.463. The first kappa shape index (κ1) is 18.4. The van der Waals surface area contributed by atoms with Crippen molar-refractivity contribution in [3.8, 4) is 0 Å². The molecule has 2 rings (SSSR count). The minimum absolute atomic E-state index is 0.617. The molecule has 1 heterocycles. The summed E-state index contributed by atoms with van der Waals surface area (Å²) >= 11 is 0. The Morgan fingerprint density at radius 1 is 0.826 bits per heavy atom. The highest BCUT2D eigenvalue weighted by molar-refractivity contribution is 5.08. The van der Waals surface area contributed by atoms with Crippen LogP contribution in [0.4, 0.5) is 0 Å². The summed E-state index contributed by atoms with van der Waals surface area (Å²) in [6.07, 6.45) is 21.5. The van der Waals surface area contributed by atoms with Crippen LogP contribution in [0.1, 0.15) is 108 Å². The van der Waals surface area contributed by atoms with Crippen LogP contribution in [0.5, 0.6) is 0 Å². The fourth-order valence-corrected chi connectivity index (χ4v) is 3.84. The van der Waals surface area contributed by atoms with E-state index in [0.717, 1.165) is 18.2 Å². The first-order valence-corrected chi connectivity index (χ1v) is 10.1. The number of unbranched alkanes of at least 4 members (excludes halogenated alkanes) is 5. The second-order valence-electron chi connectivity index (χ2n) is 7.47. The van der Waals surface area contributed by atoms with Gasteiger partial charge >= 0.3 is 0 Å². The Bertz CT molecular complexity index is 404. The molecule has 1 fully saturated rings. The third kappa shape index (κ3) is 6.61. The van der Waals surface area contributed by atoms with E-state index in [1.807, 2.05) is 0 Å². The molecule has 23 heavy (non-hydrogen) atoms. The normalized spacial score (nSPS) is 21.5. The van der Waals surface area contributed by atoms with Crippen molar-refractivity contribution in [1.29, 1.82) is 0 Å². The van der Waals surface area contributed by atoms with Gasteiger partial charge in [0.05, 0.1) is 0 Å². The van der Waals surface area contributed by atoms with Gasteiger partial charge in [-0.2, -0.15) is 0 Å². The molecule has 1 aromatic rings. The van der Waals surface area contributed by atoms with Gasteiger partial charge < -0.3 is 0 Å². The van der Waals surface area contributed by atoms with Gasteiger partial charge in [-0.05, 0) is 50.0 Å². The van der Waals surface area contributed by atoms with Gasteiger partial charge in [0.1, 0.15) is 5.82 Å². The fourth-order valence-electron chi connectivity index (χ4n) is 3.84. The lowest BCUT2D eigenvalue weighted by Gasteiger charge is -2.27. The predicted molar refractivity (Wildman–Crippen MR) is 98.7 cm³/mol. The third-order valence-electron chi connectivity index (χ3n) is 5.47. The van der Waals surface area contributed by atoms with E-state index in [4.69, 9.17) is 9.97 Å². The lowest BCUT2D eigenvalue weighted by molar-refractivity contribution is 0.298.